The van der Waals surface area contributed by atoms with Gasteiger partial charge in [0.05, 0.1) is 0 Å². The Morgan fingerprint density at radius 1 is 1.17 bits per heavy atom. The van der Waals surface area contributed by atoms with Crippen molar-refractivity contribution in [3.05, 3.63) is 53.6 Å². The van der Waals surface area contributed by atoms with Gasteiger partial charge in [-0.2, -0.15) is 0 Å². The number of nitrogens with zero attached hydrogens (tertiary/aromatic N) is 3. The van der Waals surface area contributed by atoms with Gasteiger partial charge in [0, 0.05) is 31.4 Å². The zero-order valence-corrected chi connectivity index (χ0v) is 14.7. The average Bonchev–Trinajstić information content (AvgIpc) is 3.00. The highest BCUT2D eigenvalue weighted by Gasteiger charge is 2.21. The molecule has 0 radical (unpaired) electrons. The third-order valence-corrected chi connectivity index (χ3v) is 5.08. The van der Waals surface area contributed by atoms with E-state index >= 15 is 0 Å². The molecule has 1 fully saturated rings. The highest BCUT2D eigenvalue weighted by Crippen LogP contribution is 2.23. The van der Waals surface area contributed by atoms with Gasteiger partial charge in [0.1, 0.15) is 5.82 Å². The Morgan fingerprint density at radius 2 is 1.91 bits per heavy atom. The van der Waals surface area contributed by atoms with E-state index in [-0.39, 0.29) is 0 Å². The Balaban J connectivity index is 1.52. The Bertz CT molecular complexity index is 621. The van der Waals surface area contributed by atoms with Crippen LogP contribution in [0.5, 0.6) is 0 Å². The molecule has 3 heteroatoms. The van der Waals surface area contributed by atoms with Crippen molar-refractivity contribution in [3.8, 4) is 0 Å². The van der Waals surface area contributed by atoms with Crippen LogP contribution in [0.4, 0.5) is 0 Å². The van der Waals surface area contributed by atoms with Crippen LogP contribution in [-0.4, -0.2) is 27.5 Å². The topological polar surface area (TPSA) is 21.1 Å². The monoisotopic (exact) mass is 311 g/mol. The summed E-state index contributed by atoms with van der Waals surface area (Å²) in [4.78, 5) is 7.12. The fraction of sp³-hybridized carbons (Fsp3) is 0.550. The zero-order chi connectivity index (χ0) is 16.2. The molecule has 23 heavy (non-hydrogen) atoms. The molecule has 0 saturated carbocycles. The van der Waals surface area contributed by atoms with Gasteiger partial charge in [0.2, 0.25) is 0 Å². The second-order valence-corrected chi connectivity index (χ2v) is 7.24. The van der Waals surface area contributed by atoms with E-state index in [0.717, 1.165) is 19.0 Å². The zero-order valence-electron chi connectivity index (χ0n) is 14.7. The Morgan fingerprint density at radius 3 is 2.61 bits per heavy atom. The fourth-order valence-electron chi connectivity index (χ4n) is 3.61. The summed E-state index contributed by atoms with van der Waals surface area (Å²) in [5.41, 5.74) is 2.89. The van der Waals surface area contributed by atoms with Gasteiger partial charge in [-0.15, -0.1) is 0 Å². The van der Waals surface area contributed by atoms with E-state index in [9.17, 15) is 0 Å². The smallest absolute Gasteiger partial charge is 0.111 e. The SMILES string of the molecule is Cc1ccccc1CN1CCC(Cn2ccnc2C(C)C)CC1. The molecule has 1 aliphatic heterocycles. The molecule has 124 valence electrons. The molecule has 0 N–H and O–H groups in total. The molecule has 0 unspecified atom stereocenters. The van der Waals surface area contributed by atoms with Crippen LogP contribution in [0, 0.1) is 12.8 Å². The predicted octanol–water partition coefficient (Wildman–Crippen LogP) is 4.23. The molecule has 0 spiro atoms. The minimum atomic E-state index is 0.506. The molecular formula is C20H29N3. The van der Waals surface area contributed by atoms with Crippen molar-refractivity contribution < 1.29 is 0 Å². The standard InChI is InChI=1S/C20H29N3/c1-16(2)20-21-10-13-23(20)14-18-8-11-22(12-9-18)15-19-7-5-4-6-17(19)3/h4-7,10,13,16,18H,8-9,11-12,14-15H2,1-3H3. The first-order valence-corrected chi connectivity index (χ1v) is 8.91. The van der Waals surface area contributed by atoms with Crippen LogP contribution >= 0.6 is 0 Å². The largest absolute Gasteiger partial charge is 0.334 e. The molecular weight excluding hydrogens is 282 g/mol. The highest BCUT2D eigenvalue weighted by atomic mass is 15.1. The number of likely N-dealkylation sites (tertiary alicyclic amines) is 1. The Hall–Kier alpha value is -1.61. The van der Waals surface area contributed by atoms with Crippen LogP contribution in [0.1, 0.15) is 49.6 Å². The minimum absolute atomic E-state index is 0.506. The van der Waals surface area contributed by atoms with E-state index in [1.165, 1.54) is 42.9 Å². The minimum Gasteiger partial charge on any atom is -0.334 e. The molecule has 2 heterocycles. The molecule has 1 aromatic heterocycles. The van der Waals surface area contributed by atoms with Crippen molar-refractivity contribution in [2.45, 2.75) is 52.6 Å². The van der Waals surface area contributed by atoms with Crippen LogP contribution in [0.3, 0.4) is 0 Å². The molecule has 3 rings (SSSR count). The van der Waals surface area contributed by atoms with E-state index in [1.54, 1.807) is 0 Å². The van der Waals surface area contributed by atoms with Gasteiger partial charge in [-0.05, 0) is 49.9 Å². The third kappa shape index (κ3) is 4.03. The first-order valence-electron chi connectivity index (χ1n) is 8.91. The molecule has 0 aliphatic carbocycles. The van der Waals surface area contributed by atoms with Crippen molar-refractivity contribution in [1.29, 1.82) is 0 Å². The number of aryl methyl sites for hydroxylation is 1. The van der Waals surface area contributed by atoms with Crippen molar-refractivity contribution >= 4 is 0 Å². The summed E-state index contributed by atoms with van der Waals surface area (Å²) < 4.78 is 2.37. The fourth-order valence-corrected chi connectivity index (χ4v) is 3.61. The summed E-state index contributed by atoms with van der Waals surface area (Å²) in [6.07, 6.45) is 6.68. The van der Waals surface area contributed by atoms with E-state index in [1.807, 2.05) is 6.20 Å². The summed E-state index contributed by atoms with van der Waals surface area (Å²) >= 11 is 0. The summed E-state index contributed by atoms with van der Waals surface area (Å²) in [6.45, 7) is 11.3. The van der Waals surface area contributed by atoms with Crippen molar-refractivity contribution in [2.24, 2.45) is 5.92 Å². The molecule has 2 aromatic rings. The predicted molar refractivity (Wildman–Crippen MR) is 95.5 cm³/mol. The molecule has 0 bridgehead atoms. The maximum absolute atomic E-state index is 4.51. The first-order chi connectivity index (χ1) is 11.1. The quantitative estimate of drug-likeness (QED) is 0.824. The van der Waals surface area contributed by atoms with Gasteiger partial charge in [-0.1, -0.05) is 38.1 Å². The normalized spacial score (nSPS) is 17.0. The van der Waals surface area contributed by atoms with E-state index in [0.29, 0.717) is 5.92 Å². The van der Waals surface area contributed by atoms with Crippen LogP contribution < -0.4 is 0 Å². The second kappa shape index (κ2) is 7.31. The van der Waals surface area contributed by atoms with Crippen LogP contribution in [-0.2, 0) is 13.1 Å². The lowest BCUT2D eigenvalue weighted by Gasteiger charge is -2.32. The van der Waals surface area contributed by atoms with Gasteiger partial charge < -0.3 is 4.57 Å². The molecule has 0 amide bonds. The van der Waals surface area contributed by atoms with Crippen molar-refractivity contribution in [2.75, 3.05) is 13.1 Å². The summed E-state index contributed by atoms with van der Waals surface area (Å²) in [5, 5.41) is 0. The molecule has 0 atom stereocenters. The van der Waals surface area contributed by atoms with Gasteiger partial charge >= 0.3 is 0 Å². The molecule has 1 aliphatic rings. The van der Waals surface area contributed by atoms with E-state index < -0.39 is 0 Å². The maximum Gasteiger partial charge on any atom is 0.111 e. The lowest BCUT2D eigenvalue weighted by molar-refractivity contribution is 0.166. The number of hydrogen-bond acceptors (Lipinski definition) is 2. The van der Waals surface area contributed by atoms with Crippen molar-refractivity contribution in [1.82, 2.24) is 14.5 Å². The maximum atomic E-state index is 4.51. The van der Waals surface area contributed by atoms with Gasteiger partial charge in [-0.25, -0.2) is 4.98 Å². The summed E-state index contributed by atoms with van der Waals surface area (Å²) in [6, 6.07) is 8.76. The average molecular weight is 311 g/mol. The highest BCUT2D eigenvalue weighted by molar-refractivity contribution is 5.25. The molecule has 1 saturated heterocycles. The van der Waals surface area contributed by atoms with E-state index in [2.05, 4.69) is 65.7 Å². The second-order valence-electron chi connectivity index (χ2n) is 7.24. The van der Waals surface area contributed by atoms with E-state index in [4.69, 9.17) is 0 Å². The third-order valence-electron chi connectivity index (χ3n) is 5.08. The summed E-state index contributed by atoms with van der Waals surface area (Å²) in [5.74, 6) is 2.52. The van der Waals surface area contributed by atoms with Crippen molar-refractivity contribution in [3.63, 3.8) is 0 Å². The first kappa shape index (κ1) is 16.3. The lowest BCUT2D eigenvalue weighted by Crippen LogP contribution is -2.34. The number of imidazole rings is 1. The number of piperidine rings is 1. The number of benzene rings is 1. The number of hydrogen-bond donors (Lipinski definition) is 0. The van der Waals surface area contributed by atoms with Gasteiger partial charge in [-0.3, -0.25) is 4.90 Å². The summed E-state index contributed by atoms with van der Waals surface area (Å²) in [7, 11) is 0. The Labute approximate surface area is 140 Å². The van der Waals surface area contributed by atoms with Crippen LogP contribution in [0.15, 0.2) is 36.7 Å². The number of aromatic nitrogens is 2. The van der Waals surface area contributed by atoms with Gasteiger partial charge in [0.15, 0.2) is 0 Å². The van der Waals surface area contributed by atoms with Crippen LogP contribution in [0.2, 0.25) is 0 Å². The lowest BCUT2D eigenvalue weighted by atomic mass is 9.95. The Kier molecular flexibility index (Phi) is 5.16. The molecule has 1 aromatic carbocycles. The molecule has 3 nitrogen and oxygen atoms in total. The van der Waals surface area contributed by atoms with Gasteiger partial charge in [0.25, 0.3) is 0 Å². The van der Waals surface area contributed by atoms with Crippen LogP contribution in [0.25, 0.3) is 0 Å². The number of rotatable bonds is 5.